The minimum absolute atomic E-state index is 0.204. The van der Waals surface area contributed by atoms with Gasteiger partial charge in [-0.15, -0.1) is 0 Å². The normalized spacial score (nSPS) is 23.2. The maximum absolute atomic E-state index is 12.0. The average Bonchev–Trinajstić information content (AvgIpc) is 2.35. The zero-order chi connectivity index (χ0) is 12.0. The molecule has 1 fully saturated rings. The van der Waals surface area contributed by atoms with Crippen LogP contribution >= 0.6 is 0 Å². The van der Waals surface area contributed by atoms with Crippen LogP contribution < -0.4 is 5.32 Å². The summed E-state index contributed by atoms with van der Waals surface area (Å²) in [6.07, 6.45) is 2.02. The molecule has 2 atom stereocenters. The molecule has 0 aromatic rings. The van der Waals surface area contributed by atoms with Crippen molar-refractivity contribution in [3.63, 3.8) is 0 Å². The Morgan fingerprint density at radius 3 is 2.94 bits per heavy atom. The summed E-state index contributed by atoms with van der Waals surface area (Å²) in [4.78, 5) is 14.0. The molecule has 1 heterocycles. The van der Waals surface area contributed by atoms with Gasteiger partial charge in [-0.25, -0.2) is 0 Å². The Kier molecular flexibility index (Phi) is 5.77. The molecule has 1 aliphatic heterocycles. The smallest absolute Gasteiger partial charge is 0.236 e. The number of carbonyl (C=O) groups excluding carboxylic acids is 1. The summed E-state index contributed by atoms with van der Waals surface area (Å²) in [5, 5.41) is 3.24. The number of carbonyl (C=O) groups is 1. The molecule has 0 saturated carbocycles. The van der Waals surface area contributed by atoms with Gasteiger partial charge < -0.3 is 15.0 Å². The molecule has 1 saturated heterocycles. The molecule has 1 N–H and O–H groups in total. The standard InChI is InChI=1S/C12H24N2O2/c1-4-10(3)13-8-12(15)14-6-7-16-9-11(14)5-2/h10-11,13H,4-9H2,1-3H3. The lowest BCUT2D eigenvalue weighted by Gasteiger charge is -2.35. The van der Waals surface area contributed by atoms with Crippen molar-refractivity contribution >= 4 is 5.91 Å². The Bertz CT molecular complexity index is 221. The molecule has 94 valence electrons. The SMILES string of the molecule is CCC(C)NCC(=O)N1CCOCC1CC. The lowest BCUT2D eigenvalue weighted by atomic mass is 10.1. The number of nitrogens with zero attached hydrogens (tertiary/aromatic N) is 1. The summed E-state index contributed by atoms with van der Waals surface area (Å²) in [6, 6.07) is 0.671. The Morgan fingerprint density at radius 2 is 2.31 bits per heavy atom. The van der Waals surface area contributed by atoms with Gasteiger partial charge in [-0.05, 0) is 19.8 Å². The van der Waals surface area contributed by atoms with Crippen LogP contribution in [-0.2, 0) is 9.53 Å². The maximum atomic E-state index is 12.0. The molecular weight excluding hydrogens is 204 g/mol. The van der Waals surface area contributed by atoms with E-state index < -0.39 is 0 Å². The van der Waals surface area contributed by atoms with Crippen LogP contribution in [0.25, 0.3) is 0 Å². The van der Waals surface area contributed by atoms with E-state index in [9.17, 15) is 4.79 Å². The van der Waals surface area contributed by atoms with Crippen LogP contribution in [0.15, 0.2) is 0 Å². The van der Waals surface area contributed by atoms with E-state index in [1.165, 1.54) is 0 Å². The fraction of sp³-hybridized carbons (Fsp3) is 0.917. The first-order valence-electron chi connectivity index (χ1n) is 6.29. The highest BCUT2D eigenvalue weighted by Gasteiger charge is 2.25. The number of rotatable bonds is 5. The van der Waals surface area contributed by atoms with Gasteiger partial charge in [0.1, 0.15) is 0 Å². The van der Waals surface area contributed by atoms with Gasteiger partial charge in [-0.3, -0.25) is 4.79 Å². The van der Waals surface area contributed by atoms with Crippen LogP contribution in [-0.4, -0.2) is 49.2 Å². The van der Waals surface area contributed by atoms with Gasteiger partial charge in [0.05, 0.1) is 25.8 Å². The van der Waals surface area contributed by atoms with Crippen LogP contribution in [0.1, 0.15) is 33.6 Å². The molecule has 0 aromatic carbocycles. The van der Waals surface area contributed by atoms with Gasteiger partial charge in [-0.2, -0.15) is 0 Å². The van der Waals surface area contributed by atoms with Crippen molar-refractivity contribution in [3.8, 4) is 0 Å². The summed E-state index contributed by atoms with van der Waals surface area (Å²) in [6.45, 7) is 8.86. The predicted molar refractivity (Wildman–Crippen MR) is 64.4 cm³/mol. The number of ether oxygens (including phenoxy) is 1. The predicted octanol–water partition coefficient (Wildman–Crippen LogP) is 1.01. The number of nitrogens with one attached hydrogen (secondary N) is 1. The van der Waals surface area contributed by atoms with Gasteiger partial charge in [0.25, 0.3) is 0 Å². The van der Waals surface area contributed by atoms with E-state index in [4.69, 9.17) is 4.74 Å². The minimum Gasteiger partial charge on any atom is -0.377 e. The van der Waals surface area contributed by atoms with E-state index in [-0.39, 0.29) is 11.9 Å². The van der Waals surface area contributed by atoms with Gasteiger partial charge in [0.2, 0.25) is 5.91 Å². The van der Waals surface area contributed by atoms with Crippen molar-refractivity contribution in [3.05, 3.63) is 0 Å². The average molecular weight is 228 g/mol. The van der Waals surface area contributed by atoms with Gasteiger partial charge in [0.15, 0.2) is 0 Å². The van der Waals surface area contributed by atoms with Crippen LogP contribution in [0.5, 0.6) is 0 Å². The van der Waals surface area contributed by atoms with E-state index in [1.807, 2.05) is 4.90 Å². The van der Waals surface area contributed by atoms with E-state index >= 15 is 0 Å². The Balaban J connectivity index is 2.38. The molecule has 1 amide bonds. The van der Waals surface area contributed by atoms with Crippen LogP contribution in [0.4, 0.5) is 0 Å². The first kappa shape index (κ1) is 13.5. The van der Waals surface area contributed by atoms with Crippen molar-refractivity contribution in [2.45, 2.75) is 45.7 Å². The third kappa shape index (κ3) is 3.76. The van der Waals surface area contributed by atoms with Crippen molar-refractivity contribution in [2.75, 3.05) is 26.3 Å². The summed E-state index contributed by atoms with van der Waals surface area (Å²) in [7, 11) is 0. The minimum atomic E-state index is 0.204. The second-order valence-corrected chi connectivity index (χ2v) is 4.41. The molecular formula is C12H24N2O2. The lowest BCUT2D eigenvalue weighted by Crippen LogP contribution is -2.51. The first-order chi connectivity index (χ1) is 7.69. The van der Waals surface area contributed by atoms with Gasteiger partial charge >= 0.3 is 0 Å². The van der Waals surface area contributed by atoms with E-state index in [0.29, 0.717) is 25.8 Å². The first-order valence-corrected chi connectivity index (χ1v) is 6.29. The van der Waals surface area contributed by atoms with Crippen molar-refractivity contribution in [1.82, 2.24) is 10.2 Å². The van der Waals surface area contributed by atoms with Gasteiger partial charge in [0, 0.05) is 12.6 Å². The highest BCUT2D eigenvalue weighted by molar-refractivity contribution is 5.78. The van der Waals surface area contributed by atoms with Crippen LogP contribution in [0.2, 0.25) is 0 Å². The van der Waals surface area contributed by atoms with Crippen molar-refractivity contribution in [2.24, 2.45) is 0 Å². The van der Waals surface area contributed by atoms with E-state index in [1.54, 1.807) is 0 Å². The summed E-state index contributed by atoms with van der Waals surface area (Å²) in [5.41, 5.74) is 0. The number of hydrogen-bond acceptors (Lipinski definition) is 3. The summed E-state index contributed by atoms with van der Waals surface area (Å²) < 4.78 is 5.39. The molecule has 0 aromatic heterocycles. The highest BCUT2D eigenvalue weighted by Crippen LogP contribution is 2.10. The second-order valence-electron chi connectivity index (χ2n) is 4.41. The molecule has 1 rings (SSSR count). The lowest BCUT2D eigenvalue weighted by molar-refractivity contribution is -0.139. The van der Waals surface area contributed by atoms with Crippen molar-refractivity contribution in [1.29, 1.82) is 0 Å². The topological polar surface area (TPSA) is 41.6 Å². The van der Waals surface area contributed by atoms with Crippen molar-refractivity contribution < 1.29 is 9.53 Å². The Labute approximate surface area is 98.3 Å². The van der Waals surface area contributed by atoms with E-state index in [0.717, 1.165) is 19.4 Å². The van der Waals surface area contributed by atoms with Gasteiger partial charge in [-0.1, -0.05) is 13.8 Å². The molecule has 2 unspecified atom stereocenters. The molecule has 0 spiro atoms. The van der Waals surface area contributed by atoms with Crippen LogP contribution in [0, 0.1) is 0 Å². The van der Waals surface area contributed by atoms with Crippen LogP contribution in [0.3, 0.4) is 0 Å². The number of hydrogen-bond donors (Lipinski definition) is 1. The number of amides is 1. The largest absolute Gasteiger partial charge is 0.377 e. The van der Waals surface area contributed by atoms with E-state index in [2.05, 4.69) is 26.1 Å². The third-order valence-corrected chi connectivity index (χ3v) is 3.23. The Morgan fingerprint density at radius 1 is 1.56 bits per heavy atom. The fourth-order valence-corrected chi connectivity index (χ4v) is 1.83. The molecule has 4 heteroatoms. The fourth-order valence-electron chi connectivity index (χ4n) is 1.83. The molecule has 0 aliphatic carbocycles. The molecule has 0 bridgehead atoms. The highest BCUT2D eigenvalue weighted by atomic mass is 16.5. The third-order valence-electron chi connectivity index (χ3n) is 3.23. The molecule has 1 aliphatic rings. The monoisotopic (exact) mass is 228 g/mol. The quantitative estimate of drug-likeness (QED) is 0.763. The molecule has 4 nitrogen and oxygen atoms in total. The zero-order valence-electron chi connectivity index (χ0n) is 10.7. The molecule has 0 radical (unpaired) electrons. The zero-order valence-corrected chi connectivity index (χ0v) is 10.7. The second kappa shape index (κ2) is 6.86. The maximum Gasteiger partial charge on any atom is 0.236 e. The molecule has 16 heavy (non-hydrogen) atoms. The Hall–Kier alpha value is -0.610. The summed E-state index contributed by atoms with van der Waals surface area (Å²) >= 11 is 0. The summed E-state index contributed by atoms with van der Waals surface area (Å²) in [5.74, 6) is 0.204. The number of morpholine rings is 1.